The third-order valence-corrected chi connectivity index (χ3v) is 1.96. The number of nitrogens with zero attached hydrogens (tertiary/aromatic N) is 1. The number of nitrogens with two attached hydrogens (primary N) is 2. The van der Waals surface area contributed by atoms with Crippen LogP contribution in [-0.4, -0.2) is 11.7 Å². The van der Waals surface area contributed by atoms with E-state index in [2.05, 4.69) is 10.2 Å². The topological polar surface area (TPSA) is 78.4 Å². The van der Waals surface area contributed by atoms with Crippen molar-refractivity contribution in [3.05, 3.63) is 35.4 Å². The van der Waals surface area contributed by atoms with E-state index in [1.165, 1.54) is 12.1 Å². The van der Waals surface area contributed by atoms with Crippen LogP contribution in [0.5, 0.6) is 0 Å². The third kappa shape index (κ3) is 3.78. The number of alkyl halides is 3. The van der Waals surface area contributed by atoms with Crippen LogP contribution in [0.2, 0.25) is 0 Å². The molecule has 7 heteroatoms. The van der Waals surface area contributed by atoms with E-state index in [-0.39, 0.29) is 5.96 Å². The highest BCUT2D eigenvalue weighted by Gasteiger charge is 2.30. The van der Waals surface area contributed by atoms with Crippen LogP contribution in [0.3, 0.4) is 0 Å². The zero-order valence-electron chi connectivity index (χ0n) is 9.05. The third-order valence-electron chi connectivity index (χ3n) is 1.96. The molecule has 4 nitrogen and oxygen atoms in total. The summed E-state index contributed by atoms with van der Waals surface area (Å²) in [4.78, 5) is 0. The van der Waals surface area contributed by atoms with Gasteiger partial charge in [-0.15, -0.1) is 5.10 Å². The molecule has 0 aliphatic heterocycles. The van der Waals surface area contributed by atoms with Crippen LogP contribution < -0.4 is 16.6 Å². The Morgan fingerprint density at radius 2 is 1.94 bits per heavy atom. The highest BCUT2D eigenvalue weighted by molar-refractivity contribution is 5.98. The lowest BCUT2D eigenvalue weighted by atomic mass is 10.1. The van der Waals surface area contributed by atoms with Gasteiger partial charge in [0.1, 0.15) is 0 Å². The number of rotatable bonds is 2. The predicted molar refractivity (Wildman–Crippen MR) is 58.0 cm³/mol. The van der Waals surface area contributed by atoms with E-state index >= 15 is 0 Å². The number of nitrogens with one attached hydrogen (secondary N) is 1. The van der Waals surface area contributed by atoms with E-state index in [4.69, 9.17) is 11.5 Å². The van der Waals surface area contributed by atoms with Crippen LogP contribution in [-0.2, 0) is 6.18 Å². The van der Waals surface area contributed by atoms with E-state index in [0.717, 1.165) is 12.1 Å². The molecule has 0 atom stereocenters. The van der Waals surface area contributed by atoms with Gasteiger partial charge in [0.2, 0.25) is 0 Å². The molecule has 0 saturated carbocycles. The van der Waals surface area contributed by atoms with Gasteiger partial charge in [0.25, 0.3) is 0 Å². The SMILES string of the molecule is C/C(=N\[NH+]=C(N)N)c1cccc(C(F)(F)F)c1. The Morgan fingerprint density at radius 1 is 1.29 bits per heavy atom. The Morgan fingerprint density at radius 3 is 2.47 bits per heavy atom. The van der Waals surface area contributed by atoms with Gasteiger partial charge < -0.3 is 0 Å². The molecule has 1 rings (SSSR count). The zero-order chi connectivity index (χ0) is 13.1. The average molecular weight is 245 g/mol. The van der Waals surface area contributed by atoms with Gasteiger partial charge >= 0.3 is 12.1 Å². The van der Waals surface area contributed by atoms with E-state index in [1.54, 1.807) is 6.92 Å². The Labute approximate surface area is 95.8 Å². The van der Waals surface area contributed by atoms with E-state index in [1.807, 2.05) is 0 Å². The standard InChI is InChI=1S/C10H11F3N4/c1-6(16-17-9(14)15)7-3-2-4-8(5-7)10(11,12)13/h2-5H,1H3,(H4,14,15,17)/p+1/b16-6+. The first kappa shape index (κ1) is 13.0. The summed E-state index contributed by atoms with van der Waals surface area (Å²) in [6.45, 7) is 1.55. The first-order valence-corrected chi connectivity index (χ1v) is 4.66. The highest BCUT2D eigenvalue weighted by Crippen LogP contribution is 2.29. The number of hydrogen-bond donors (Lipinski definition) is 3. The summed E-state index contributed by atoms with van der Waals surface area (Å²) in [6.07, 6.45) is -4.37. The molecule has 0 aliphatic carbocycles. The minimum absolute atomic E-state index is 0.128. The van der Waals surface area contributed by atoms with Crippen molar-refractivity contribution in [1.29, 1.82) is 0 Å². The smallest absolute Gasteiger partial charge is 0.289 e. The lowest BCUT2D eigenvalue weighted by Gasteiger charge is -2.07. The molecule has 0 aromatic heterocycles. The van der Waals surface area contributed by atoms with Crippen molar-refractivity contribution in [1.82, 2.24) is 0 Å². The maximum Gasteiger partial charge on any atom is 0.416 e. The second-order valence-electron chi connectivity index (χ2n) is 3.34. The Kier molecular flexibility index (Phi) is 3.72. The molecule has 0 unspecified atom stereocenters. The fraction of sp³-hybridized carbons (Fsp3) is 0.200. The number of benzene rings is 1. The summed E-state index contributed by atoms with van der Waals surface area (Å²) < 4.78 is 37.3. The molecule has 0 aliphatic rings. The Bertz CT molecular complexity index is 459. The van der Waals surface area contributed by atoms with Crippen LogP contribution in [0.25, 0.3) is 0 Å². The second-order valence-corrected chi connectivity index (χ2v) is 3.34. The van der Waals surface area contributed by atoms with Crippen molar-refractivity contribution in [2.75, 3.05) is 0 Å². The molecule has 0 radical (unpaired) electrons. The highest BCUT2D eigenvalue weighted by atomic mass is 19.4. The molecule has 0 amide bonds. The summed E-state index contributed by atoms with van der Waals surface area (Å²) in [5, 5.41) is 6.01. The molecular weight excluding hydrogens is 233 g/mol. The Balaban J connectivity index is 3.08. The van der Waals surface area contributed by atoms with E-state index in [9.17, 15) is 13.2 Å². The van der Waals surface area contributed by atoms with Crippen LogP contribution in [0, 0.1) is 0 Å². The minimum Gasteiger partial charge on any atom is -0.289 e. The molecule has 0 saturated heterocycles. The molecule has 0 bridgehead atoms. The zero-order valence-corrected chi connectivity index (χ0v) is 9.05. The first-order valence-electron chi connectivity index (χ1n) is 4.66. The van der Waals surface area contributed by atoms with Gasteiger partial charge in [-0.1, -0.05) is 12.1 Å². The number of halogens is 3. The summed E-state index contributed by atoms with van der Waals surface area (Å²) in [5.41, 5.74) is 10.2. The van der Waals surface area contributed by atoms with Crippen molar-refractivity contribution in [2.45, 2.75) is 13.1 Å². The molecule has 17 heavy (non-hydrogen) atoms. The van der Waals surface area contributed by atoms with E-state index < -0.39 is 11.7 Å². The van der Waals surface area contributed by atoms with Gasteiger partial charge in [0.05, 0.1) is 11.3 Å². The lowest BCUT2D eigenvalue weighted by molar-refractivity contribution is -0.464. The molecule has 1 aromatic carbocycles. The number of hydrazone groups is 1. The molecular formula is C10H12F3N4+. The van der Waals surface area contributed by atoms with Gasteiger partial charge in [-0.25, -0.2) is 0 Å². The van der Waals surface area contributed by atoms with Crippen LogP contribution in [0.4, 0.5) is 13.2 Å². The van der Waals surface area contributed by atoms with Crippen LogP contribution in [0.15, 0.2) is 29.4 Å². The van der Waals surface area contributed by atoms with Crippen molar-refractivity contribution in [3.63, 3.8) is 0 Å². The van der Waals surface area contributed by atoms with Gasteiger partial charge in [0, 0.05) is 0 Å². The first-order chi connectivity index (χ1) is 7.80. The van der Waals surface area contributed by atoms with Gasteiger partial charge in [-0.3, -0.25) is 11.5 Å². The largest absolute Gasteiger partial charge is 0.416 e. The maximum atomic E-state index is 12.4. The maximum absolute atomic E-state index is 12.4. The van der Waals surface area contributed by atoms with Crippen LogP contribution >= 0.6 is 0 Å². The molecule has 0 spiro atoms. The van der Waals surface area contributed by atoms with Crippen molar-refractivity contribution in [2.24, 2.45) is 16.6 Å². The molecule has 0 fully saturated rings. The second kappa shape index (κ2) is 4.86. The van der Waals surface area contributed by atoms with Gasteiger partial charge in [0.15, 0.2) is 0 Å². The molecule has 5 N–H and O–H groups in total. The molecule has 0 heterocycles. The van der Waals surface area contributed by atoms with Crippen molar-refractivity contribution in [3.8, 4) is 0 Å². The fourth-order valence-electron chi connectivity index (χ4n) is 1.13. The summed E-state index contributed by atoms with van der Waals surface area (Å²) >= 11 is 0. The predicted octanol–water partition coefficient (Wildman–Crippen LogP) is -0.217. The number of hydrogen-bond acceptors (Lipinski definition) is 1. The summed E-state index contributed by atoms with van der Waals surface area (Å²) in [5.74, 6) is -0.128. The van der Waals surface area contributed by atoms with Crippen LogP contribution in [0.1, 0.15) is 18.1 Å². The fourth-order valence-corrected chi connectivity index (χ4v) is 1.13. The Hall–Kier alpha value is -2.05. The monoisotopic (exact) mass is 245 g/mol. The van der Waals surface area contributed by atoms with Gasteiger partial charge in [-0.05, 0) is 24.6 Å². The van der Waals surface area contributed by atoms with Gasteiger partial charge in [-0.2, -0.15) is 18.3 Å². The molecule has 1 aromatic rings. The lowest BCUT2D eigenvalue weighted by Crippen LogP contribution is -2.72. The minimum atomic E-state index is -4.37. The molecule has 92 valence electrons. The quantitative estimate of drug-likeness (QED) is 0.383. The summed E-state index contributed by atoms with van der Waals surface area (Å²) in [6, 6.07) is 4.83. The summed E-state index contributed by atoms with van der Waals surface area (Å²) in [7, 11) is 0. The van der Waals surface area contributed by atoms with Crippen molar-refractivity contribution < 1.29 is 18.3 Å². The average Bonchev–Trinajstić information content (AvgIpc) is 2.25. The van der Waals surface area contributed by atoms with Crippen molar-refractivity contribution >= 4 is 11.7 Å². The normalized spacial score (nSPS) is 12.4. The number of guanidine groups is 1. The van der Waals surface area contributed by atoms with E-state index in [0.29, 0.717) is 11.3 Å².